The summed E-state index contributed by atoms with van der Waals surface area (Å²) >= 11 is 0. The van der Waals surface area contributed by atoms with Gasteiger partial charge in [0.25, 0.3) is 11.5 Å². The molecule has 7 nitrogen and oxygen atoms in total. The van der Waals surface area contributed by atoms with Crippen molar-refractivity contribution >= 4 is 23.3 Å². The maximum Gasteiger partial charge on any atom is 0.274 e. The van der Waals surface area contributed by atoms with Crippen LogP contribution in [0, 0.1) is 0 Å². The monoisotopic (exact) mass is 345 g/mol. The Morgan fingerprint density at radius 1 is 1.00 bits per heavy atom. The molecule has 1 aliphatic heterocycles. The summed E-state index contributed by atoms with van der Waals surface area (Å²) in [5, 5.41) is 5.82. The van der Waals surface area contributed by atoms with Crippen LogP contribution in [-0.2, 0) is 4.79 Å². The van der Waals surface area contributed by atoms with Gasteiger partial charge in [0.15, 0.2) is 5.78 Å². The Bertz CT molecular complexity index is 1060. The number of nitrogens with one attached hydrogen (secondary N) is 1. The Morgan fingerprint density at radius 3 is 2.31 bits per heavy atom. The first-order valence-electron chi connectivity index (χ1n) is 8.05. The van der Waals surface area contributed by atoms with Crippen molar-refractivity contribution in [2.75, 3.05) is 10.4 Å². The molecular formula is C19H15N5O2. The predicted molar refractivity (Wildman–Crippen MR) is 100.0 cm³/mol. The quantitative estimate of drug-likeness (QED) is 0.789. The van der Waals surface area contributed by atoms with Crippen molar-refractivity contribution in [1.29, 1.82) is 0 Å². The standard InChI is InChI=1S/C19H15N5O2/c1-13(25)18-21-23(15-10-6-3-7-11-15)19-20-16(12-17(26)24(19)22-18)14-8-4-2-5-9-14/h2-12H,1H3,(H,21,22). The van der Waals surface area contributed by atoms with Gasteiger partial charge in [-0.2, -0.15) is 9.69 Å². The minimum absolute atomic E-state index is 0.0673. The lowest BCUT2D eigenvalue weighted by molar-refractivity contribution is -0.111. The molecule has 0 saturated heterocycles. The maximum atomic E-state index is 12.7. The third-order valence-corrected chi connectivity index (χ3v) is 3.91. The van der Waals surface area contributed by atoms with Crippen molar-refractivity contribution in [3.05, 3.63) is 77.1 Å². The van der Waals surface area contributed by atoms with E-state index in [0.29, 0.717) is 11.4 Å². The van der Waals surface area contributed by atoms with Gasteiger partial charge in [-0.15, -0.1) is 5.10 Å². The molecule has 0 atom stereocenters. The summed E-state index contributed by atoms with van der Waals surface area (Å²) in [5.41, 5.74) is 4.46. The molecule has 0 unspecified atom stereocenters. The summed E-state index contributed by atoms with van der Waals surface area (Å²) < 4.78 is 1.23. The molecule has 1 aromatic heterocycles. The number of carbonyl (C=O) groups excluding carboxylic acids is 1. The highest BCUT2D eigenvalue weighted by Gasteiger charge is 2.25. The Morgan fingerprint density at radius 2 is 1.65 bits per heavy atom. The van der Waals surface area contributed by atoms with E-state index >= 15 is 0 Å². The molecule has 0 fully saturated rings. The van der Waals surface area contributed by atoms with Gasteiger partial charge in [0.2, 0.25) is 5.84 Å². The molecule has 2 heterocycles. The van der Waals surface area contributed by atoms with Crippen LogP contribution < -0.4 is 16.0 Å². The molecule has 4 rings (SSSR count). The molecule has 0 spiro atoms. The highest BCUT2D eigenvalue weighted by atomic mass is 16.1. The predicted octanol–water partition coefficient (Wildman–Crippen LogP) is 2.51. The van der Waals surface area contributed by atoms with E-state index in [1.54, 1.807) is 0 Å². The van der Waals surface area contributed by atoms with Crippen LogP contribution in [0.25, 0.3) is 11.3 Å². The zero-order chi connectivity index (χ0) is 18.1. The second kappa shape index (κ2) is 6.29. The summed E-state index contributed by atoms with van der Waals surface area (Å²) in [6.45, 7) is 1.39. The number of hydrazone groups is 1. The van der Waals surface area contributed by atoms with Gasteiger partial charge in [-0.3, -0.25) is 15.0 Å². The number of anilines is 2. The molecule has 3 aromatic rings. The van der Waals surface area contributed by atoms with Gasteiger partial charge < -0.3 is 0 Å². The number of hydrogen-bond acceptors (Lipinski definition) is 6. The molecule has 26 heavy (non-hydrogen) atoms. The van der Waals surface area contributed by atoms with Crippen molar-refractivity contribution in [2.45, 2.75) is 6.92 Å². The minimum Gasteiger partial charge on any atom is -0.291 e. The second-order valence-electron chi connectivity index (χ2n) is 5.75. The Hall–Kier alpha value is -3.74. The highest BCUT2D eigenvalue weighted by molar-refractivity contribution is 6.41. The van der Waals surface area contributed by atoms with Crippen LogP contribution in [-0.4, -0.2) is 21.3 Å². The lowest BCUT2D eigenvalue weighted by Gasteiger charge is -2.27. The van der Waals surface area contributed by atoms with Crippen LogP contribution in [0.3, 0.4) is 0 Å². The van der Waals surface area contributed by atoms with Crippen molar-refractivity contribution in [3.8, 4) is 11.3 Å². The van der Waals surface area contributed by atoms with E-state index in [4.69, 9.17) is 0 Å². The topological polar surface area (TPSA) is 79.6 Å². The number of nitrogens with zero attached hydrogens (tertiary/aromatic N) is 4. The average Bonchev–Trinajstić information content (AvgIpc) is 2.68. The lowest BCUT2D eigenvalue weighted by Crippen LogP contribution is -2.44. The van der Waals surface area contributed by atoms with Crippen molar-refractivity contribution in [3.63, 3.8) is 0 Å². The van der Waals surface area contributed by atoms with E-state index in [0.717, 1.165) is 5.56 Å². The van der Waals surface area contributed by atoms with Gasteiger partial charge in [-0.05, 0) is 12.1 Å². The Balaban J connectivity index is 1.93. The average molecular weight is 345 g/mol. The first-order chi connectivity index (χ1) is 12.6. The van der Waals surface area contributed by atoms with Crippen LogP contribution in [0.15, 0.2) is 76.6 Å². The van der Waals surface area contributed by atoms with Gasteiger partial charge in [0.1, 0.15) is 0 Å². The van der Waals surface area contributed by atoms with Crippen molar-refractivity contribution in [1.82, 2.24) is 9.66 Å². The fourth-order valence-electron chi connectivity index (χ4n) is 2.64. The maximum absolute atomic E-state index is 12.7. The molecular weight excluding hydrogens is 330 g/mol. The molecule has 0 saturated carbocycles. The first-order valence-corrected chi connectivity index (χ1v) is 8.05. The van der Waals surface area contributed by atoms with Crippen LogP contribution in [0.4, 0.5) is 11.6 Å². The summed E-state index contributed by atoms with van der Waals surface area (Å²) in [6, 6.07) is 20.1. The molecule has 1 N–H and O–H groups in total. The number of aromatic nitrogens is 2. The molecule has 0 bridgehead atoms. The third-order valence-electron chi connectivity index (χ3n) is 3.91. The van der Waals surface area contributed by atoms with Crippen molar-refractivity contribution < 1.29 is 4.79 Å². The number of ketones is 1. The first kappa shape index (κ1) is 15.8. The SMILES string of the molecule is CC(=O)C1=NN(c2ccccc2)c2nc(-c3ccccc3)cc(=O)n2N1. The summed E-state index contributed by atoms with van der Waals surface area (Å²) in [6.07, 6.45) is 0. The highest BCUT2D eigenvalue weighted by Crippen LogP contribution is 2.27. The normalized spacial score (nSPS) is 12.8. The van der Waals surface area contributed by atoms with Gasteiger partial charge in [0.05, 0.1) is 11.4 Å². The van der Waals surface area contributed by atoms with Gasteiger partial charge in [-0.25, -0.2) is 4.98 Å². The smallest absolute Gasteiger partial charge is 0.274 e. The molecule has 0 aliphatic carbocycles. The Kier molecular flexibility index (Phi) is 3.81. The molecule has 0 radical (unpaired) electrons. The van der Waals surface area contributed by atoms with Crippen molar-refractivity contribution in [2.24, 2.45) is 5.10 Å². The van der Waals surface area contributed by atoms with E-state index in [1.165, 1.54) is 22.7 Å². The number of fused-ring (bicyclic) bond motifs is 1. The molecule has 2 aromatic carbocycles. The van der Waals surface area contributed by atoms with E-state index in [1.807, 2.05) is 60.7 Å². The number of amidine groups is 1. The van der Waals surface area contributed by atoms with Crippen LogP contribution >= 0.6 is 0 Å². The minimum atomic E-state index is -0.330. The molecule has 7 heteroatoms. The lowest BCUT2D eigenvalue weighted by atomic mass is 10.1. The summed E-state index contributed by atoms with van der Waals surface area (Å²) in [5.74, 6) is 0.0703. The van der Waals surface area contributed by atoms with Crippen LogP contribution in [0.2, 0.25) is 0 Å². The van der Waals surface area contributed by atoms with Gasteiger partial charge >= 0.3 is 0 Å². The van der Waals surface area contributed by atoms with E-state index in [2.05, 4.69) is 15.5 Å². The number of benzene rings is 2. The molecule has 0 amide bonds. The Labute approximate surface area is 149 Å². The fraction of sp³-hybridized carbons (Fsp3) is 0.0526. The van der Waals surface area contributed by atoms with E-state index in [-0.39, 0.29) is 23.1 Å². The number of carbonyl (C=O) groups is 1. The summed E-state index contributed by atoms with van der Waals surface area (Å²) in [4.78, 5) is 29.1. The molecule has 128 valence electrons. The fourth-order valence-corrected chi connectivity index (χ4v) is 2.64. The molecule has 1 aliphatic rings. The zero-order valence-corrected chi connectivity index (χ0v) is 14.0. The van der Waals surface area contributed by atoms with Crippen LogP contribution in [0.1, 0.15) is 6.92 Å². The summed E-state index contributed by atoms with van der Waals surface area (Å²) in [7, 11) is 0. The van der Waals surface area contributed by atoms with Crippen LogP contribution in [0.5, 0.6) is 0 Å². The van der Waals surface area contributed by atoms with E-state index < -0.39 is 0 Å². The van der Waals surface area contributed by atoms with Gasteiger partial charge in [-0.1, -0.05) is 48.5 Å². The second-order valence-corrected chi connectivity index (χ2v) is 5.75. The third kappa shape index (κ3) is 2.75. The number of hydrogen-bond donors (Lipinski definition) is 1. The van der Waals surface area contributed by atoms with E-state index in [9.17, 15) is 9.59 Å². The number of Topliss-reactive ketones (excluding diaryl/α,β-unsaturated/α-hetero) is 1. The largest absolute Gasteiger partial charge is 0.291 e. The van der Waals surface area contributed by atoms with Gasteiger partial charge in [0, 0.05) is 18.6 Å². The number of rotatable bonds is 3. The number of para-hydroxylation sites is 1. The zero-order valence-electron chi connectivity index (χ0n) is 14.0.